The number of hydrazine groups is 1. The molecule has 0 spiro atoms. The summed E-state index contributed by atoms with van der Waals surface area (Å²) in [6, 6.07) is 6.18. The Bertz CT molecular complexity index is 494. The standard InChI is InChI=1S/C14H21BrN4O/c1-10-8-19(6-5-18(10)2)9-12-4-3-11(7-13(12)15)14(20)17-16/h3-4,7,10H,5-6,8-9,16H2,1-2H3,(H,17,20). The van der Waals surface area contributed by atoms with E-state index in [0.717, 1.165) is 30.7 Å². The smallest absolute Gasteiger partial charge is 0.265 e. The zero-order valence-corrected chi connectivity index (χ0v) is 13.5. The highest BCUT2D eigenvalue weighted by Crippen LogP contribution is 2.21. The van der Waals surface area contributed by atoms with Crippen molar-refractivity contribution in [2.45, 2.75) is 19.5 Å². The molecule has 0 aromatic heterocycles. The van der Waals surface area contributed by atoms with E-state index in [9.17, 15) is 4.79 Å². The predicted molar refractivity (Wildman–Crippen MR) is 83.2 cm³/mol. The Labute approximate surface area is 128 Å². The maximum Gasteiger partial charge on any atom is 0.265 e. The van der Waals surface area contributed by atoms with Gasteiger partial charge in [-0.1, -0.05) is 22.0 Å². The molecule has 3 N–H and O–H groups in total. The number of carbonyl (C=O) groups is 1. The van der Waals surface area contributed by atoms with Crippen LogP contribution in [0.3, 0.4) is 0 Å². The van der Waals surface area contributed by atoms with Crippen LogP contribution in [0.4, 0.5) is 0 Å². The number of nitrogens with zero attached hydrogens (tertiary/aromatic N) is 2. The van der Waals surface area contributed by atoms with E-state index in [1.165, 1.54) is 5.56 Å². The van der Waals surface area contributed by atoms with Gasteiger partial charge in [0.1, 0.15) is 0 Å². The largest absolute Gasteiger partial charge is 0.301 e. The first-order valence-electron chi connectivity index (χ1n) is 6.73. The molecule has 0 aliphatic carbocycles. The molecule has 1 saturated heterocycles. The Balaban J connectivity index is 2.05. The molecule has 1 atom stereocenters. The van der Waals surface area contributed by atoms with Gasteiger partial charge in [-0.25, -0.2) is 5.84 Å². The highest BCUT2D eigenvalue weighted by Gasteiger charge is 2.21. The molecule has 5 nitrogen and oxygen atoms in total. The van der Waals surface area contributed by atoms with Gasteiger partial charge in [0, 0.05) is 42.3 Å². The highest BCUT2D eigenvalue weighted by atomic mass is 79.9. The Hall–Kier alpha value is -0.950. The maximum atomic E-state index is 11.5. The van der Waals surface area contributed by atoms with Crippen LogP contribution >= 0.6 is 15.9 Å². The fourth-order valence-electron chi connectivity index (χ4n) is 2.41. The number of hydrogen-bond donors (Lipinski definition) is 2. The molecular formula is C14H21BrN4O. The van der Waals surface area contributed by atoms with Crippen LogP contribution < -0.4 is 11.3 Å². The van der Waals surface area contributed by atoms with Gasteiger partial charge >= 0.3 is 0 Å². The molecule has 2 rings (SSSR count). The van der Waals surface area contributed by atoms with Crippen molar-refractivity contribution >= 4 is 21.8 Å². The van der Waals surface area contributed by atoms with Gasteiger partial charge in [0.2, 0.25) is 0 Å². The zero-order valence-electron chi connectivity index (χ0n) is 11.9. The van der Waals surface area contributed by atoms with Gasteiger partial charge in [0.25, 0.3) is 5.91 Å². The van der Waals surface area contributed by atoms with E-state index in [0.29, 0.717) is 11.6 Å². The lowest BCUT2D eigenvalue weighted by atomic mass is 10.1. The minimum atomic E-state index is -0.273. The number of likely N-dealkylation sites (N-methyl/N-ethyl adjacent to an activating group) is 1. The molecule has 1 aliphatic heterocycles. The van der Waals surface area contributed by atoms with Crippen LogP contribution in [0, 0.1) is 0 Å². The van der Waals surface area contributed by atoms with Gasteiger partial charge < -0.3 is 4.90 Å². The minimum Gasteiger partial charge on any atom is -0.301 e. The van der Waals surface area contributed by atoms with E-state index >= 15 is 0 Å². The summed E-state index contributed by atoms with van der Waals surface area (Å²) in [5.41, 5.74) is 3.90. The third-order valence-corrected chi connectivity index (χ3v) is 4.62. The van der Waals surface area contributed by atoms with Crippen molar-refractivity contribution in [1.29, 1.82) is 0 Å². The topological polar surface area (TPSA) is 61.6 Å². The van der Waals surface area contributed by atoms with Crippen molar-refractivity contribution in [2.75, 3.05) is 26.7 Å². The summed E-state index contributed by atoms with van der Waals surface area (Å²) in [5, 5.41) is 0. The summed E-state index contributed by atoms with van der Waals surface area (Å²) >= 11 is 3.54. The molecule has 20 heavy (non-hydrogen) atoms. The van der Waals surface area contributed by atoms with Crippen molar-refractivity contribution in [3.63, 3.8) is 0 Å². The van der Waals surface area contributed by atoms with Crippen LogP contribution in [0.1, 0.15) is 22.8 Å². The molecule has 1 amide bonds. The first-order chi connectivity index (χ1) is 9.51. The van der Waals surface area contributed by atoms with Crippen molar-refractivity contribution in [1.82, 2.24) is 15.2 Å². The van der Waals surface area contributed by atoms with Crippen molar-refractivity contribution in [2.24, 2.45) is 5.84 Å². The van der Waals surface area contributed by atoms with Crippen LogP contribution in [0.5, 0.6) is 0 Å². The summed E-state index contributed by atoms with van der Waals surface area (Å²) in [5.74, 6) is 4.87. The molecule has 1 heterocycles. The van der Waals surface area contributed by atoms with E-state index in [4.69, 9.17) is 5.84 Å². The Morgan fingerprint density at radius 2 is 2.25 bits per heavy atom. The molecule has 0 saturated carbocycles. The van der Waals surface area contributed by atoms with Crippen molar-refractivity contribution < 1.29 is 4.79 Å². The summed E-state index contributed by atoms with van der Waals surface area (Å²) < 4.78 is 0.949. The number of carbonyl (C=O) groups excluding carboxylic acids is 1. The summed E-state index contributed by atoms with van der Waals surface area (Å²) in [4.78, 5) is 16.3. The number of nitrogens with two attached hydrogens (primary N) is 1. The highest BCUT2D eigenvalue weighted by molar-refractivity contribution is 9.10. The van der Waals surface area contributed by atoms with Crippen LogP contribution in [0.2, 0.25) is 0 Å². The SMILES string of the molecule is CC1CN(Cc2ccc(C(=O)NN)cc2Br)CCN1C. The summed E-state index contributed by atoms with van der Waals surface area (Å²) in [7, 11) is 2.16. The minimum absolute atomic E-state index is 0.273. The second-order valence-corrected chi connectivity index (χ2v) is 6.20. The zero-order chi connectivity index (χ0) is 14.7. The van der Waals surface area contributed by atoms with E-state index in [2.05, 4.69) is 45.1 Å². The Kier molecular flexibility index (Phi) is 5.15. The van der Waals surface area contributed by atoms with E-state index < -0.39 is 0 Å². The second-order valence-electron chi connectivity index (χ2n) is 5.34. The third kappa shape index (κ3) is 3.58. The van der Waals surface area contributed by atoms with Gasteiger partial charge in [0.15, 0.2) is 0 Å². The molecule has 1 aromatic carbocycles. The number of amides is 1. The first kappa shape index (κ1) is 15.4. The number of hydrogen-bond acceptors (Lipinski definition) is 4. The van der Waals surface area contributed by atoms with E-state index in [1.807, 2.05) is 18.2 Å². The lowest BCUT2D eigenvalue weighted by Crippen LogP contribution is -2.49. The molecule has 0 radical (unpaired) electrons. The van der Waals surface area contributed by atoms with Gasteiger partial charge in [0.05, 0.1) is 0 Å². The molecule has 1 aliphatic rings. The number of piperazine rings is 1. The number of nitrogens with one attached hydrogen (secondary N) is 1. The molecule has 0 bridgehead atoms. The van der Waals surface area contributed by atoms with Crippen LogP contribution in [0.15, 0.2) is 22.7 Å². The number of nitrogen functional groups attached to an aromatic ring is 1. The second kappa shape index (κ2) is 6.67. The molecule has 1 fully saturated rings. The number of benzene rings is 1. The average molecular weight is 341 g/mol. The lowest BCUT2D eigenvalue weighted by Gasteiger charge is -2.37. The summed E-state index contributed by atoms with van der Waals surface area (Å²) in [6.45, 7) is 6.36. The number of halogens is 1. The van der Waals surface area contributed by atoms with E-state index in [1.54, 1.807) is 0 Å². The van der Waals surface area contributed by atoms with Crippen LogP contribution in [0.25, 0.3) is 0 Å². The van der Waals surface area contributed by atoms with Crippen LogP contribution in [-0.2, 0) is 6.54 Å². The van der Waals surface area contributed by atoms with Gasteiger partial charge in [-0.2, -0.15) is 0 Å². The average Bonchev–Trinajstić information content (AvgIpc) is 2.44. The first-order valence-corrected chi connectivity index (χ1v) is 7.52. The van der Waals surface area contributed by atoms with Crippen LogP contribution in [-0.4, -0.2) is 48.4 Å². The third-order valence-electron chi connectivity index (χ3n) is 3.88. The monoisotopic (exact) mass is 340 g/mol. The van der Waals surface area contributed by atoms with Gasteiger partial charge in [-0.3, -0.25) is 15.1 Å². The molecule has 6 heteroatoms. The fourth-order valence-corrected chi connectivity index (χ4v) is 2.91. The molecule has 1 unspecified atom stereocenters. The molecular weight excluding hydrogens is 320 g/mol. The lowest BCUT2D eigenvalue weighted by molar-refractivity contribution is 0.0953. The maximum absolute atomic E-state index is 11.5. The fraction of sp³-hybridized carbons (Fsp3) is 0.500. The predicted octanol–water partition coefficient (Wildman–Crippen LogP) is 1.19. The Morgan fingerprint density at radius 1 is 1.50 bits per heavy atom. The normalized spacial score (nSPS) is 20.9. The van der Waals surface area contributed by atoms with Gasteiger partial charge in [-0.05, 0) is 31.7 Å². The van der Waals surface area contributed by atoms with Crippen molar-refractivity contribution in [3.8, 4) is 0 Å². The molecule has 1 aromatic rings. The van der Waals surface area contributed by atoms with E-state index in [-0.39, 0.29) is 5.91 Å². The number of rotatable bonds is 3. The van der Waals surface area contributed by atoms with Crippen molar-refractivity contribution in [3.05, 3.63) is 33.8 Å². The van der Waals surface area contributed by atoms with Gasteiger partial charge in [-0.15, -0.1) is 0 Å². The Morgan fingerprint density at radius 3 is 2.85 bits per heavy atom. The summed E-state index contributed by atoms with van der Waals surface area (Å²) in [6.07, 6.45) is 0. The molecule has 110 valence electrons. The quantitative estimate of drug-likeness (QED) is 0.493.